The summed E-state index contributed by atoms with van der Waals surface area (Å²) < 4.78 is 28.1. The Balaban J connectivity index is 2.22. The molecule has 0 amide bonds. The molecule has 0 heterocycles. The molecule has 1 fully saturated rings. The van der Waals surface area contributed by atoms with Gasteiger partial charge in [-0.3, -0.25) is 0 Å². The van der Waals surface area contributed by atoms with Gasteiger partial charge in [0.1, 0.15) is 0 Å². The van der Waals surface area contributed by atoms with Gasteiger partial charge in [0, 0.05) is 0 Å². The topological polar surface area (TPSA) is 36.9 Å². The van der Waals surface area contributed by atoms with E-state index in [-0.39, 0.29) is 0 Å². The van der Waals surface area contributed by atoms with Gasteiger partial charge in [-0.2, -0.15) is 0 Å². The summed E-state index contributed by atoms with van der Waals surface area (Å²) in [5.41, 5.74) is 0. The predicted octanol–water partition coefficient (Wildman–Crippen LogP) is 9.29. The predicted molar refractivity (Wildman–Crippen MR) is 164 cm³/mol. The van der Waals surface area contributed by atoms with Crippen molar-refractivity contribution in [1.29, 1.82) is 0 Å². The first-order valence-electron chi connectivity index (χ1n) is 14.4. The highest BCUT2D eigenvalue weighted by Crippen LogP contribution is 2.36. The molecule has 9 heteroatoms. The maximum Gasteiger partial charge on any atom is 0.317 e. The zero-order valence-electron chi connectivity index (χ0n) is 24.9. The number of hydrogen-bond acceptors (Lipinski definition) is 4. The van der Waals surface area contributed by atoms with Crippen molar-refractivity contribution in [3.05, 3.63) is 12.2 Å². The molecule has 35 heavy (non-hydrogen) atoms. The summed E-state index contributed by atoms with van der Waals surface area (Å²) in [6, 6.07) is 2.16. The molecule has 0 spiro atoms. The van der Waals surface area contributed by atoms with E-state index in [0.717, 1.165) is 23.9 Å². The normalized spacial score (nSPS) is 24.2. The van der Waals surface area contributed by atoms with Crippen molar-refractivity contribution in [2.45, 2.75) is 142 Å². The molecule has 2 rings (SSSR count). The van der Waals surface area contributed by atoms with Crippen LogP contribution in [0.4, 0.5) is 0 Å². The Labute approximate surface area is 224 Å². The van der Waals surface area contributed by atoms with E-state index in [0.29, 0.717) is 0 Å². The smallest absolute Gasteiger partial charge is 0.317 e. The van der Waals surface area contributed by atoms with E-state index in [4.69, 9.17) is 16.5 Å². The maximum absolute atomic E-state index is 7.35. The molecule has 2 aliphatic carbocycles. The average molecular weight is 575 g/mol. The Kier molecular flexibility index (Phi) is 12.0. The molecule has 0 aliphatic heterocycles. The molecule has 2 aliphatic rings. The highest BCUT2D eigenvalue weighted by atomic mass is 28.5. The minimum Gasteiger partial charge on any atom is -0.437 e. The first kappa shape index (κ1) is 31.9. The first-order valence-corrected chi connectivity index (χ1v) is 29.1. The highest BCUT2D eigenvalue weighted by Gasteiger charge is 2.49. The third-order valence-corrected chi connectivity index (χ3v) is 25.2. The second kappa shape index (κ2) is 13.1. The molecule has 0 aromatic heterocycles. The standard InChI is InChI=1S/C26H58O4Si5/c1-31(2,3)27-33(7,8)29-35(10,24-22-26-19-15-12-16-20-26)30-34(9,28-32(4,5)6)23-21-25-17-13-11-14-18-25/h12,15,25-26H,11,13-14,16-24H2,1-10H3. The number of rotatable bonds is 14. The minimum atomic E-state index is -2.50. The lowest BCUT2D eigenvalue weighted by Gasteiger charge is -2.45. The van der Waals surface area contributed by atoms with Gasteiger partial charge in [0.2, 0.25) is 0 Å². The molecule has 0 N–H and O–H groups in total. The van der Waals surface area contributed by atoms with Crippen LogP contribution in [0.2, 0.25) is 77.6 Å². The maximum atomic E-state index is 7.35. The third-order valence-electron chi connectivity index (χ3n) is 7.08. The van der Waals surface area contributed by atoms with E-state index in [2.05, 4.69) is 77.6 Å². The zero-order chi connectivity index (χ0) is 26.4. The SMILES string of the molecule is C[Si](C)(C)O[Si](C)(C)O[Si](C)(CCC1CC=CCC1)O[Si](C)(CCC1CCCCC1)O[Si](C)(C)C. The molecular weight excluding hydrogens is 517 g/mol. The van der Waals surface area contributed by atoms with Gasteiger partial charge in [-0.05, 0) is 121 Å². The number of hydrogen-bond donors (Lipinski definition) is 0. The lowest BCUT2D eigenvalue weighted by atomic mass is 9.88. The van der Waals surface area contributed by atoms with Crippen molar-refractivity contribution in [2.24, 2.45) is 11.8 Å². The second-order valence-corrected chi connectivity index (χ2v) is 34.1. The van der Waals surface area contributed by atoms with Crippen molar-refractivity contribution in [1.82, 2.24) is 0 Å². The van der Waals surface area contributed by atoms with E-state index in [1.54, 1.807) is 0 Å². The number of allylic oxidation sites excluding steroid dienone is 2. The molecule has 0 aromatic carbocycles. The largest absolute Gasteiger partial charge is 0.437 e. The average Bonchev–Trinajstić information content (AvgIpc) is 2.69. The summed E-state index contributed by atoms with van der Waals surface area (Å²) in [5.74, 6) is 1.61. The Morgan fingerprint density at radius 2 is 1.11 bits per heavy atom. The lowest BCUT2D eigenvalue weighted by molar-refractivity contribution is 0.276. The van der Waals surface area contributed by atoms with Gasteiger partial charge in [0.25, 0.3) is 0 Å². The quantitative estimate of drug-likeness (QED) is 0.153. The minimum absolute atomic E-state index is 0.759. The second-order valence-electron chi connectivity index (χ2n) is 14.0. The van der Waals surface area contributed by atoms with Crippen LogP contribution in [-0.2, 0) is 16.5 Å². The van der Waals surface area contributed by atoms with Crippen LogP contribution < -0.4 is 0 Å². The summed E-state index contributed by atoms with van der Waals surface area (Å²) in [6.07, 6.45) is 17.9. The van der Waals surface area contributed by atoms with Crippen molar-refractivity contribution in [3.8, 4) is 0 Å². The molecule has 1 saturated carbocycles. The van der Waals surface area contributed by atoms with Crippen LogP contribution in [0, 0.1) is 11.8 Å². The van der Waals surface area contributed by atoms with Gasteiger partial charge < -0.3 is 16.5 Å². The van der Waals surface area contributed by atoms with Crippen LogP contribution in [0.15, 0.2) is 12.2 Å². The van der Waals surface area contributed by atoms with Crippen molar-refractivity contribution in [2.75, 3.05) is 0 Å². The molecule has 0 radical (unpaired) electrons. The van der Waals surface area contributed by atoms with Crippen LogP contribution in [0.5, 0.6) is 0 Å². The van der Waals surface area contributed by atoms with Crippen molar-refractivity contribution < 1.29 is 16.5 Å². The summed E-state index contributed by atoms with van der Waals surface area (Å²) >= 11 is 0. The fourth-order valence-electron chi connectivity index (χ4n) is 6.16. The van der Waals surface area contributed by atoms with E-state index in [1.165, 1.54) is 64.2 Å². The molecule has 206 valence electrons. The Morgan fingerprint density at radius 1 is 0.571 bits per heavy atom. The summed E-state index contributed by atoms with van der Waals surface area (Å²) in [4.78, 5) is 0. The van der Waals surface area contributed by atoms with Crippen LogP contribution in [-0.4, -0.2) is 42.3 Å². The first-order chi connectivity index (χ1) is 16.0. The van der Waals surface area contributed by atoms with Crippen molar-refractivity contribution >= 4 is 42.3 Å². The van der Waals surface area contributed by atoms with Crippen molar-refractivity contribution in [3.63, 3.8) is 0 Å². The molecular formula is C26H58O4Si5. The van der Waals surface area contributed by atoms with Gasteiger partial charge in [-0.1, -0.05) is 44.3 Å². The molecule has 4 nitrogen and oxygen atoms in total. The van der Waals surface area contributed by atoms with E-state index < -0.39 is 42.3 Å². The molecule has 0 saturated heterocycles. The summed E-state index contributed by atoms with van der Waals surface area (Å²) in [5, 5.41) is 0. The van der Waals surface area contributed by atoms with Crippen LogP contribution in [0.3, 0.4) is 0 Å². The fourth-order valence-corrected chi connectivity index (χ4v) is 30.2. The van der Waals surface area contributed by atoms with Crippen LogP contribution in [0.25, 0.3) is 0 Å². The van der Waals surface area contributed by atoms with E-state index >= 15 is 0 Å². The monoisotopic (exact) mass is 574 g/mol. The zero-order valence-corrected chi connectivity index (χ0v) is 29.9. The highest BCUT2D eigenvalue weighted by molar-refractivity contribution is 6.90. The van der Waals surface area contributed by atoms with Crippen LogP contribution >= 0.6 is 0 Å². The summed E-state index contributed by atoms with van der Waals surface area (Å²) in [6.45, 7) is 23.0. The fraction of sp³-hybridized carbons (Fsp3) is 0.923. The van der Waals surface area contributed by atoms with Gasteiger partial charge in [0.05, 0.1) is 0 Å². The van der Waals surface area contributed by atoms with E-state index in [9.17, 15) is 0 Å². The molecule has 3 unspecified atom stereocenters. The van der Waals surface area contributed by atoms with Crippen LogP contribution in [0.1, 0.15) is 64.2 Å². The van der Waals surface area contributed by atoms with Gasteiger partial charge in [-0.25, -0.2) is 0 Å². The Morgan fingerprint density at radius 3 is 1.63 bits per heavy atom. The third kappa shape index (κ3) is 13.3. The molecule has 0 bridgehead atoms. The van der Waals surface area contributed by atoms with Gasteiger partial charge in [-0.15, -0.1) is 0 Å². The van der Waals surface area contributed by atoms with Gasteiger partial charge >= 0.3 is 25.7 Å². The molecule has 0 aromatic rings. The van der Waals surface area contributed by atoms with Gasteiger partial charge in [0.15, 0.2) is 16.6 Å². The molecule has 3 atom stereocenters. The Bertz CT molecular complexity index is 670. The van der Waals surface area contributed by atoms with E-state index in [1.807, 2.05) is 0 Å². The summed E-state index contributed by atoms with van der Waals surface area (Å²) in [7, 11) is -10.6. The Hall–Kier alpha value is 0.664. The lowest BCUT2D eigenvalue weighted by Crippen LogP contribution is -2.60.